The minimum Gasteiger partial charge on any atom is -0.278 e. The Kier molecular flexibility index (Phi) is 6.84. The Labute approximate surface area is 334 Å². The molecule has 0 aliphatic heterocycles. The molecule has 12 rings (SSSR count). The summed E-state index contributed by atoms with van der Waals surface area (Å²) < 4.78 is 2.21. The van der Waals surface area contributed by atoms with Gasteiger partial charge in [0.2, 0.25) is 5.95 Å². The first kappa shape index (κ1) is 32.3. The van der Waals surface area contributed by atoms with Gasteiger partial charge in [-0.05, 0) is 92.0 Å². The van der Waals surface area contributed by atoms with E-state index >= 15 is 0 Å². The van der Waals surface area contributed by atoms with Gasteiger partial charge in [0, 0.05) is 21.9 Å². The standard InChI is InChI=1S/C53H31N5/c54-32-33-27-28-40(41(29-33)34-15-3-1-4-16-34)51-55-50(35-17-5-2-6-18-35)56-52(57-51)58-48-26-14-10-22-39(48)43-30-47-42(31-49(43)58)38-21-9-13-25-46(38)53(47)44-23-11-7-19-36(44)37-20-8-12-24-45(37)53/h1-31H. The van der Waals surface area contributed by atoms with Crippen molar-refractivity contribution in [1.29, 1.82) is 5.26 Å². The fraction of sp³-hybridized carbons (Fsp3) is 0.0189. The summed E-state index contributed by atoms with van der Waals surface area (Å²) in [5, 5.41) is 12.2. The van der Waals surface area contributed by atoms with E-state index in [1.54, 1.807) is 0 Å². The van der Waals surface area contributed by atoms with Crippen LogP contribution in [0.2, 0.25) is 0 Å². The second kappa shape index (κ2) is 12.3. The summed E-state index contributed by atoms with van der Waals surface area (Å²) in [6.07, 6.45) is 0. The lowest BCUT2D eigenvalue weighted by atomic mass is 9.70. The third kappa shape index (κ3) is 4.43. The first-order chi connectivity index (χ1) is 28.7. The summed E-state index contributed by atoms with van der Waals surface area (Å²) in [5.41, 5.74) is 15.9. The minimum atomic E-state index is -0.458. The van der Waals surface area contributed by atoms with Crippen LogP contribution < -0.4 is 0 Å². The lowest BCUT2D eigenvalue weighted by molar-refractivity contribution is 0.795. The molecule has 0 radical (unpaired) electrons. The molecule has 0 atom stereocenters. The van der Waals surface area contributed by atoms with Crippen molar-refractivity contribution in [2.45, 2.75) is 5.41 Å². The van der Waals surface area contributed by atoms with Gasteiger partial charge in [0.05, 0.1) is 28.1 Å². The van der Waals surface area contributed by atoms with Crippen molar-refractivity contribution in [2.75, 3.05) is 0 Å². The molecule has 2 aliphatic rings. The van der Waals surface area contributed by atoms with Crippen molar-refractivity contribution in [3.8, 4) is 68.2 Å². The number of benzene rings is 8. The summed E-state index contributed by atoms with van der Waals surface area (Å²) in [6, 6.07) is 68.4. The Bertz CT molecular complexity index is 3310. The van der Waals surface area contributed by atoms with Crippen LogP contribution in [0.5, 0.6) is 0 Å². The van der Waals surface area contributed by atoms with Crippen LogP contribution in [-0.2, 0) is 5.41 Å². The third-order valence-electron chi connectivity index (χ3n) is 12.1. The van der Waals surface area contributed by atoms with Crippen molar-refractivity contribution in [2.24, 2.45) is 0 Å². The van der Waals surface area contributed by atoms with Gasteiger partial charge in [0.1, 0.15) is 0 Å². The van der Waals surface area contributed by atoms with Crippen molar-refractivity contribution < 1.29 is 0 Å². The van der Waals surface area contributed by atoms with Crippen molar-refractivity contribution in [1.82, 2.24) is 19.5 Å². The maximum atomic E-state index is 9.93. The van der Waals surface area contributed by atoms with Crippen molar-refractivity contribution >= 4 is 21.8 Å². The Hall–Kier alpha value is -7.94. The highest BCUT2D eigenvalue weighted by Crippen LogP contribution is 2.63. The van der Waals surface area contributed by atoms with Gasteiger partial charge in [-0.15, -0.1) is 0 Å². The number of hydrogen-bond acceptors (Lipinski definition) is 4. The van der Waals surface area contributed by atoms with E-state index in [0.717, 1.165) is 44.1 Å². The van der Waals surface area contributed by atoms with Crippen LogP contribution in [0.1, 0.15) is 27.8 Å². The summed E-state index contributed by atoms with van der Waals surface area (Å²) in [6.45, 7) is 0. The number of nitriles is 1. The Morgan fingerprint density at radius 2 is 0.966 bits per heavy atom. The molecular formula is C53H31N5. The third-order valence-corrected chi connectivity index (χ3v) is 12.1. The van der Waals surface area contributed by atoms with Crippen LogP contribution in [0.25, 0.3) is 83.9 Å². The van der Waals surface area contributed by atoms with E-state index in [2.05, 4.69) is 132 Å². The molecular weight excluding hydrogens is 707 g/mol. The Morgan fingerprint density at radius 3 is 1.64 bits per heavy atom. The second-order valence-electron chi connectivity index (χ2n) is 15.0. The molecule has 2 heterocycles. The molecule has 0 amide bonds. The van der Waals surface area contributed by atoms with E-state index < -0.39 is 5.41 Å². The molecule has 0 unspecified atom stereocenters. The molecule has 10 aromatic rings. The van der Waals surface area contributed by atoms with Crippen LogP contribution >= 0.6 is 0 Å². The average Bonchev–Trinajstić information content (AvgIpc) is 3.90. The van der Waals surface area contributed by atoms with Gasteiger partial charge in [0.25, 0.3) is 0 Å². The highest BCUT2D eigenvalue weighted by atomic mass is 15.2. The largest absolute Gasteiger partial charge is 0.278 e. The van der Waals surface area contributed by atoms with E-state index in [9.17, 15) is 5.26 Å². The molecule has 268 valence electrons. The van der Waals surface area contributed by atoms with E-state index in [0.29, 0.717) is 23.2 Å². The zero-order valence-corrected chi connectivity index (χ0v) is 31.1. The smallest absolute Gasteiger partial charge is 0.238 e. The number of fused-ring (bicyclic) bond motifs is 13. The van der Waals surface area contributed by atoms with Gasteiger partial charge in [-0.1, -0.05) is 152 Å². The minimum absolute atomic E-state index is 0.458. The predicted octanol–water partition coefficient (Wildman–Crippen LogP) is 12.2. The fourth-order valence-electron chi connectivity index (χ4n) is 9.74. The monoisotopic (exact) mass is 737 g/mol. The molecule has 5 nitrogen and oxygen atoms in total. The summed E-state index contributed by atoms with van der Waals surface area (Å²) in [5.74, 6) is 1.62. The average molecular weight is 738 g/mol. The number of para-hydroxylation sites is 1. The Morgan fingerprint density at radius 1 is 0.397 bits per heavy atom. The quantitative estimate of drug-likeness (QED) is 0.180. The summed E-state index contributed by atoms with van der Waals surface area (Å²) in [7, 11) is 0. The number of rotatable bonds is 4. The van der Waals surface area contributed by atoms with Gasteiger partial charge in [-0.3, -0.25) is 4.57 Å². The van der Waals surface area contributed by atoms with Gasteiger partial charge < -0.3 is 0 Å². The molecule has 58 heavy (non-hydrogen) atoms. The highest BCUT2D eigenvalue weighted by molar-refractivity contribution is 6.12. The van der Waals surface area contributed by atoms with Crippen LogP contribution in [-0.4, -0.2) is 19.5 Å². The molecule has 2 aromatic heterocycles. The maximum Gasteiger partial charge on any atom is 0.238 e. The summed E-state index contributed by atoms with van der Waals surface area (Å²) in [4.78, 5) is 15.7. The molecule has 0 saturated heterocycles. The van der Waals surface area contributed by atoms with Crippen molar-refractivity contribution in [3.63, 3.8) is 0 Å². The number of nitrogens with zero attached hydrogens (tertiary/aromatic N) is 5. The van der Waals surface area contributed by atoms with Gasteiger partial charge in [0.15, 0.2) is 11.6 Å². The number of aromatic nitrogens is 4. The van der Waals surface area contributed by atoms with Crippen molar-refractivity contribution in [3.05, 3.63) is 216 Å². The van der Waals surface area contributed by atoms with Crippen LogP contribution in [0.3, 0.4) is 0 Å². The lowest BCUT2D eigenvalue weighted by Gasteiger charge is -2.30. The van der Waals surface area contributed by atoms with Gasteiger partial charge >= 0.3 is 0 Å². The molecule has 1 spiro atoms. The van der Waals surface area contributed by atoms with Gasteiger partial charge in [-0.25, -0.2) is 4.98 Å². The second-order valence-corrected chi connectivity index (χ2v) is 15.0. The maximum absolute atomic E-state index is 9.93. The van der Waals surface area contributed by atoms with E-state index in [1.807, 2.05) is 66.7 Å². The molecule has 0 N–H and O–H groups in total. The summed E-state index contributed by atoms with van der Waals surface area (Å²) >= 11 is 0. The Balaban J connectivity index is 1.17. The van der Waals surface area contributed by atoms with Crippen LogP contribution in [0, 0.1) is 11.3 Å². The molecule has 2 aliphatic carbocycles. The molecule has 0 saturated carbocycles. The molecule has 5 heteroatoms. The highest BCUT2D eigenvalue weighted by Gasteiger charge is 2.51. The topological polar surface area (TPSA) is 67.4 Å². The zero-order valence-electron chi connectivity index (χ0n) is 31.1. The van der Waals surface area contributed by atoms with E-state index in [4.69, 9.17) is 15.0 Å². The zero-order chi connectivity index (χ0) is 38.4. The molecule has 0 fully saturated rings. The normalized spacial score (nSPS) is 12.9. The SMILES string of the molecule is N#Cc1ccc(-c2nc(-c3ccccc3)nc(-n3c4ccccc4c4cc5c(cc43)-c3ccccc3C53c4ccccc4-c4ccccc43)n2)c(-c2ccccc2)c1. The number of hydrogen-bond donors (Lipinski definition) is 0. The first-order valence-corrected chi connectivity index (χ1v) is 19.5. The molecule has 0 bridgehead atoms. The fourth-order valence-corrected chi connectivity index (χ4v) is 9.74. The predicted molar refractivity (Wildman–Crippen MR) is 231 cm³/mol. The van der Waals surface area contributed by atoms with Gasteiger partial charge in [-0.2, -0.15) is 15.2 Å². The van der Waals surface area contributed by atoms with E-state index in [-0.39, 0.29) is 0 Å². The van der Waals surface area contributed by atoms with Crippen LogP contribution in [0.15, 0.2) is 188 Å². The first-order valence-electron chi connectivity index (χ1n) is 19.5. The lowest BCUT2D eigenvalue weighted by Crippen LogP contribution is -2.25. The van der Waals surface area contributed by atoms with Crippen LogP contribution in [0.4, 0.5) is 0 Å². The molecule has 8 aromatic carbocycles. The van der Waals surface area contributed by atoms with E-state index in [1.165, 1.54) is 44.5 Å².